The molecular weight excluding hydrogens is 624 g/mol. The summed E-state index contributed by atoms with van der Waals surface area (Å²) in [5.41, 5.74) is 2.95. The first-order valence-corrected chi connectivity index (χ1v) is 18.1. The van der Waals surface area contributed by atoms with Gasteiger partial charge in [-0.2, -0.15) is 0 Å². The zero-order chi connectivity index (χ0) is 36.4. The summed E-state index contributed by atoms with van der Waals surface area (Å²) in [5.74, 6) is -1.59. The van der Waals surface area contributed by atoms with Gasteiger partial charge in [0.2, 0.25) is 0 Å². The fourth-order valence-corrected chi connectivity index (χ4v) is 6.94. The lowest BCUT2D eigenvalue weighted by Gasteiger charge is -2.23. The molecule has 11 unspecified atom stereocenters. The van der Waals surface area contributed by atoms with Crippen LogP contribution >= 0.6 is 0 Å². The standard InChI is InChI=1S/C40H60O9/c1-9-11-24(3)40(46)25(4)12-10-13-35-36-15-14-31(47-36)20-30(41)18-27(6)32(42)21-33(43)29(8)26(5)16-23(2)17-34(44)38-19-28(7)37(48-38)22-39(45)49-35/h10,12-13,16,27-29,31,33-38,40,43-44,46H,2-3,9,11,14-15,17-22H2,1,4-8H3. The van der Waals surface area contributed by atoms with E-state index >= 15 is 0 Å². The van der Waals surface area contributed by atoms with Crippen LogP contribution in [0.3, 0.4) is 0 Å². The first-order valence-electron chi connectivity index (χ1n) is 18.1. The minimum Gasteiger partial charge on any atom is -0.455 e. The van der Waals surface area contributed by atoms with Crippen LogP contribution < -0.4 is 0 Å². The molecule has 3 aliphatic rings. The summed E-state index contributed by atoms with van der Waals surface area (Å²) in [5, 5.41) is 32.5. The third-order valence-electron chi connectivity index (χ3n) is 10.4. The quantitative estimate of drug-likeness (QED) is 0.173. The molecule has 0 aromatic carbocycles. The molecule has 9 nitrogen and oxygen atoms in total. The van der Waals surface area contributed by atoms with Crippen molar-refractivity contribution in [3.8, 4) is 0 Å². The molecule has 3 heterocycles. The molecule has 2 fully saturated rings. The Morgan fingerprint density at radius 3 is 2.39 bits per heavy atom. The van der Waals surface area contributed by atoms with Crippen LogP contribution in [-0.2, 0) is 28.6 Å². The number of hydrogen-bond acceptors (Lipinski definition) is 9. The Hall–Kier alpha value is -2.69. The predicted octanol–water partition coefficient (Wildman–Crippen LogP) is 6.06. The van der Waals surface area contributed by atoms with Crippen molar-refractivity contribution >= 4 is 17.5 Å². The lowest BCUT2D eigenvalue weighted by Crippen LogP contribution is -2.32. The van der Waals surface area contributed by atoms with Crippen molar-refractivity contribution in [1.29, 1.82) is 0 Å². The first kappa shape index (κ1) is 40.7. The Bertz CT molecular complexity index is 1280. The molecule has 0 saturated carbocycles. The van der Waals surface area contributed by atoms with E-state index in [1.165, 1.54) is 0 Å². The second-order valence-electron chi connectivity index (χ2n) is 14.8. The Morgan fingerprint density at radius 2 is 1.69 bits per heavy atom. The van der Waals surface area contributed by atoms with Crippen molar-refractivity contribution in [3.05, 3.63) is 59.8 Å². The number of Topliss-reactive ketones (excluding diaryl/α,β-unsaturated/α-hetero) is 2. The maximum Gasteiger partial charge on any atom is 0.309 e. The van der Waals surface area contributed by atoms with Gasteiger partial charge in [-0.05, 0) is 62.7 Å². The van der Waals surface area contributed by atoms with Crippen molar-refractivity contribution < 1.29 is 43.9 Å². The minimum atomic E-state index is -0.918. The van der Waals surface area contributed by atoms with Gasteiger partial charge in [0.15, 0.2) is 0 Å². The third-order valence-corrected chi connectivity index (χ3v) is 10.4. The number of allylic oxidation sites excluding steroid dienone is 3. The van der Waals surface area contributed by atoms with Crippen molar-refractivity contribution in [3.63, 3.8) is 0 Å². The first-order chi connectivity index (χ1) is 23.1. The molecule has 3 N–H and O–H groups in total. The minimum absolute atomic E-state index is 0.00814. The summed E-state index contributed by atoms with van der Waals surface area (Å²) in [6, 6.07) is 0. The molecule has 274 valence electrons. The van der Waals surface area contributed by atoms with E-state index in [4.69, 9.17) is 14.2 Å². The van der Waals surface area contributed by atoms with Crippen LogP contribution in [-0.4, -0.2) is 81.7 Å². The predicted molar refractivity (Wildman–Crippen MR) is 190 cm³/mol. The van der Waals surface area contributed by atoms with Crippen LogP contribution in [0, 0.1) is 17.8 Å². The molecule has 0 aromatic heterocycles. The fourth-order valence-electron chi connectivity index (χ4n) is 6.94. The number of ketones is 2. The van der Waals surface area contributed by atoms with Gasteiger partial charge in [0, 0.05) is 37.5 Å². The monoisotopic (exact) mass is 684 g/mol. The number of hydrogen-bond donors (Lipinski definition) is 3. The van der Waals surface area contributed by atoms with Gasteiger partial charge in [0.25, 0.3) is 0 Å². The Balaban J connectivity index is 1.83. The Labute approximate surface area is 293 Å². The molecule has 0 radical (unpaired) electrons. The largest absolute Gasteiger partial charge is 0.455 e. The van der Waals surface area contributed by atoms with Crippen molar-refractivity contribution in [2.45, 2.75) is 155 Å². The van der Waals surface area contributed by atoms with E-state index < -0.39 is 54.6 Å². The fraction of sp³-hybridized carbons (Fsp3) is 0.675. The number of fused-ring (bicyclic) bond motifs is 4. The van der Waals surface area contributed by atoms with Gasteiger partial charge in [0.05, 0.1) is 49.1 Å². The summed E-state index contributed by atoms with van der Waals surface area (Å²) in [6.45, 7) is 19.3. The molecule has 49 heavy (non-hydrogen) atoms. The average Bonchev–Trinajstić information content (AvgIpc) is 3.65. The van der Waals surface area contributed by atoms with Crippen molar-refractivity contribution in [1.82, 2.24) is 0 Å². The molecule has 11 atom stereocenters. The number of ether oxygens (including phenoxy) is 3. The molecule has 0 amide bonds. The summed E-state index contributed by atoms with van der Waals surface area (Å²) in [4.78, 5) is 39.4. The average molecular weight is 685 g/mol. The topological polar surface area (TPSA) is 140 Å². The summed E-state index contributed by atoms with van der Waals surface area (Å²) in [6.07, 6.45) is 5.80. The van der Waals surface area contributed by atoms with Crippen LogP contribution in [0.15, 0.2) is 59.8 Å². The Morgan fingerprint density at radius 1 is 0.980 bits per heavy atom. The maximum atomic E-state index is 13.3. The van der Waals surface area contributed by atoms with E-state index in [9.17, 15) is 29.7 Å². The highest BCUT2D eigenvalue weighted by Crippen LogP contribution is 2.34. The number of cyclic esters (lactones) is 1. The molecule has 0 spiro atoms. The van der Waals surface area contributed by atoms with Crippen LogP contribution in [0.25, 0.3) is 0 Å². The lowest BCUT2D eigenvalue weighted by atomic mass is 9.87. The van der Waals surface area contributed by atoms with Crippen LogP contribution in [0.4, 0.5) is 0 Å². The number of carbonyl (C=O) groups is 3. The molecule has 4 bridgehead atoms. The molecule has 3 aliphatic heterocycles. The van der Waals surface area contributed by atoms with Gasteiger partial charge in [-0.1, -0.05) is 76.6 Å². The summed E-state index contributed by atoms with van der Waals surface area (Å²) < 4.78 is 18.4. The van der Waals surface area contributed by atoms with Gasteiger partial charge in [-0.25, -0.2) is 0 Å². The van der Waals surface area contributed by atoms with Gasteiger partial charge in [-0.15, -0.1) is 0 Å². The number of aliphatic hydroxyl groups excluding tert-OH is 3. The number of rotatable bonds is 6. The van der Waals surface area contributed by atoms with Gasteiger partial charge >= 0.3 is 5.97 Å². The number of carbonyl (C=O) groups excluding carboxylic acids is 3. The zero-order valence-corrected chi connectivity index (χ0v) is 30.4. The van der Waals surface area contributed by atoms with E-state index in [2.05, 4.69) is 13.2 Å². The van der Waals surface area contributed by atoms with Gasteiger partial charge in [0.1, 0.15) is 17.7 Å². The highest BCUT2D eigenvalue weighted by atomic mass is 16.6. The maximum absolute atomic E-state index is 13.3. The smallest absolute Gasteiger partial charge is 0.309 e. The van der Waals surface area contributed by atoms with Crippen LogP contribution in [0.2, 0.25) is 0 Å². The molecule has 3 rings (SSSR count). The van der Waals surface area contributed by atoms with E-state index in [-0.39, 0.29) is 61.6 Å². The third kappa shape index (κ3) is 12.2. The van der Waals surface area contributed by atoms with Crippen molar-refractivity contribution in [2.24, 2.45) is 17.8 Å². The molecule has 9 heteroatoms. The summed E-state index contributed by atoms with van der Waals surface area (Å²) in [7, 11) is 0. The zero-order valence-electron chi connectivity index (χ0n) is 30.4. The molecule has 0 aromatic rings. The van der Waals surface area contributed by atoms with Gasteiger partial charge < -0.3 is 29.5 Å². The second-order valence-corrected chi connectivity index (χ2v) is 14.8. The van der Waals surface area contributed by atoms with Crippen LogP contribution in [0.5, 0.6) is 0 Å². The van der Waals surface area contributed by atoms with Gasteiger partial charge in [-0.3, -0.25) is 14.4 Å². The number of esters is 1. The van der Waals surface area contributed by atoms with E-state index in [1.807, 2.05) is 40.7 Å². The molecule has 2 saturated heterocycles. The normalized spacial score (nSPS) is 35.7. The summed E-state index contributed by atoms with van der Waals surface area (Å²) >= 11 is 0. The van der Waals surface area contributed by atoms with E-state index in [0.717, 1.165) is 17.6 Å². The highest BCUT2D eigenvalue weighted by Gasteiger charge is 2.39. The SMILES string of the molecule is C=C1C=C(C)C(C)C(O)CC(=O)C(C)CC(=O)CC2CCC(O2)C(C=CC=C(C)C(O)C(=C)CCC)OC(=O)CC2OC(CC2C)C(O)C1. The molecular formula is C40H60O9. The molecule has 0 aliphatic carbocycles. The highest BCUT2D eigenvalue weighted by molar-refractivity contribution is 5.88. The second kappa shape index (κ2) is 19.1. The lowest BCUT2D eigenvalue weighted by molar-refractivity contribution is -0.157. The number of aliphatic hydroxyl groups is 3. The van der Waals surface area contributed by atoms with Crippen molar-refractivity contribution in [2.75, 3.05) is 0 Å². The van der Waals surface area contributed by atoms with E-state index in [0.29, 0.717) is 36.8 Å². The van der Waals surface area contributed by atoms with E-state index in [1.54, 1.807) is 25.2 Å². The Kier molecular flexibility index (Phi) is 15.8. The van der Waals surface area contributed by atoms with Crippen LogP contribution in [0.1, 0.15) is 106 Å².